The van der Waals surface area contributed by atoms with Crippen molar-refractivity contribution < 1.29 is 13.2 Å². The summed E-state index contributed by atoms with van der Waals surface area (Å²) in [5, 5.41) is 2.56. The van der Waals surface area contributed by atoms with E-state index in [1.54, 1.807) is 0 Å². The summed E-state index contributed by atoms with van der Waals surface area (Å²) in [5.41, 5.74) is 5.86. The predicted octanol–water partition coefficient (Wildman–Crippen LogP) is 3.98. The summed E-state index contributed by atoms with van der Waals surface area (Å²) in [6, 6.07) is 3.86. The molecule has 0 aliphatic heterocycles. The molecule has 5 heteroatoms. The fourth-order valence-corrected chi connectivity index (χ4v) is 2.80. The van der Waals surface area contributed by atoms with E-state index in [9.17, 15) is 13.2 Å². The lowest BCUT2D eigenvalue weighted by molar-refractivity contribution is -0.137. The van der Waals surface area contributed by atoms with E-state index in [0.29, 0.717) is 11.9 Å². The van der Waals surface area contributed by atoms with Crippen molar-refractivity contribution in [3.05, 3.63) is 34.7 Å². The Bertz CT molecular complexity index is 530. The highest BCUT2D eigenvalue weighted by molar-refractivity contribution is 7.17. The van der Waals surface area contributed by atoms with Crippen LogP contribution in [0.1, 0.15) is 24.0 Å². The Morgan fingerprint density at radius 1 is 1.35 bits per heavy atom. The molecule has 1 nitrogen and oxygen atoms in total. The average Bonchev–Trinajstić information content (AvgIpc) is 2.69. The van der Waals surface area contributed by atoms with Crippen LogP contribution >= 0.6 is 11.3 Å². The van der Waals surface area contributed by atoms with E-state index < -0.39 is 11.7 Å². The highest BCUT2D eigenvalue weighted by Gasteiger charge is 2.30. The van der Waals surface area contributed by atoms with Gasteiger partial charge >= 0.3 is 6.18 Å². The van der Waals surface area contributed by atoms with E-state index in [1.807, 2.05) is 12.3 Å². The number of hydrogen-bond donors (Lipinski definition) is 1. The Hall–Kier alpha value is -1.07. The number of halogens is 3. The molecule has 0 saturated carbocycles. The second kappa shape index (κ2) is 4.31. The zero-order valence-electron chi connectivity index (χ0n) is 9.21. The SMILES string of the molecule is CC(CN)c1csc2ccc(C(F)(F)F)cc12. The first-order valence-electron chi connectivity index (χ1n) is 5.22. The topological polar surface area (TPSA) is 26.0 Å². The maximum absolute atomic E-state index is 12.6. The van der Waals surface area contributed by atoms with Gasteiger partial charge in [0.05, 0.1) is 5.56 Å². The summed E-state index contributed by atoms with van der Waals surface area (Å²) in [4.78, 5) is 0. The fourth-order valence-electron chi connectivity index (χ4n) is 1.73. The third-order valence-electron chi connectivity index (χ3n) is 2.82. The number of rotatable bonds is 2. The highest BCUT2D eigenvalue weighted by atomic mass is 32.1. The smallest absolute Gasteiger partial charge is 0.330 e. The van der Waals surface area contributed by atoms with Gasteiger partial charge in [0.1, 0.15) is 0 Å². The fraction of sp³-hybridized carbons (Fsp3) is 0.333. The van der Waals surface area contributed by atoms with Gasteiger partial charge in [-0.3, -0.25) is 0 Å². The largest absolute Gasteiger partial charge is 0.416 e. The van der Waals surface area contributed by atoms with E-state index >= 15 is 0 Å². The molecule has 1 aromatic carbocycles. The molecule has 1 heterocycles. The Morgan fingerprint density at radius 3 is 2.65 bits per heavy atom. The molecule has 2 aromatic rings. The molecule has 1 atom stereocenters. The molecule has 0 bridgehead atoms. The number of alkyl halides is 3. The van der Waals surface area contributed by atoms with Crippen LogP contribution in [0.25, 0.3) is 10.1 Å². The van der Waals surface area contributed by atoms with Crippen LogP contribution in [0.5, 0.6) is 0 Å². The lowest BCUT2D eigenvalue weighted by atomic mass is 9.99. The first kappa shape index (κ1) is 12.4. The number of fused-ring (bicyclic) bond motifs is 1. The zero-order chi connectivity index (χ0) is 12.6. The van der Waals surface area contributed by atoms with Gasteiger partial charge < -0.3 is 5.73 Å². The van der Waals surface area contributed by atoms with Crippen molar-refractivity contribution in [1.82, 2.24) is 0 Å². The van der Waals surface area contributed by atoms with Crippen molar-refractivity contribution in [2.75, 3.05) is 6.54 Å². The van der Waals surface area contributed by atoms with Gasteiger partial charge in [-0.05, 0) is 47.0 Å². The molecule has 1 unspecified atom stereocenters. The second-order valence-corrected chi connectivity index (χ2v) is 4.95. The van der Waals surface area contributed by atoms with Crippen LogP contribution in [-0.2, 0) is 6.18 Å². The maximum Gasteiger partial charge on any atom is 0.416 e. The minimum Gasteiger partial charge on any atom is -0.330 e. The first-order chi connectivity index (χ1) is 7.93. The van der Waals surface area contributed by atoms with Crippen molar-refractivity contribution in [1.29, 1.82) is 0 Å². The summed E-state index contributed by atoms with van der Waals surface area (Å²) in [7, 11) is 0. The number of thiophene rings is 1. The lowest BCUT2D eigenvalue weighted by Gasteiger charge is -2.09. The van der Waals surface area contributed by atoms with Crippen LogP contribution in [0.15, 0.2) is 23.6 Å². The minimum absolute atomic E-state index is 0.0761. The van der Waals surface area contributed by atoms with Gasteiger partial charge in [0.25, 0.3) is 0 Å². The Kier molecular flexibility index (Phi) is 3.14. The second-order valence-electron chi connectivity index (χ2n) is 4.04. The molecule has 0 amide bonds. The predicted molar refractivity (Wildman–Crippen MR) is 64.3 cm³/mol. The summed E-state index contributed by atoms with van der Waals surface area (Å²) < 4.78 is 38.7. The van der Waals surface area contributed by atoms with Crippen LogP contribution in [0, 0.1) is 0 Å². The van der Waals surface area contributed by atoms with E-state index in [0.717, 1.165) is 16.3 Å². The van der Waals surface area contributed by atoms with Gasteiger partial charge in [0, 0.05) is 4.70 Å². The molecule has 92 valence electrons. The standard InChI is InChI=1S/C12H12F3NS/c1-7(5-16)10-6-17-11-3-2-8(4-9(10)11)12(13,14)15/h2-4,6-7H,5,16H2,1H3. The molecule has 0 aliphatic rings. The molecule has 2 N–H and O–H groups in total. The maximum atomic E-state index is 12.6. The Balaban J connectivity index is 2.58. The normalized spacial score (nSPS) is 14.2. The van der Waals surface area contributed by atoms with Gasteiger partial charge in [-0.25, -0.2) is 0 Å². The van der Waals surface area contributed by atoms with Gasteiger partial charge in [0.15, 0.2) is 0 Å². The summed E-state index contributed by atoms with van der Waals surface area (Å²) in [6.45, 7) is 2.35. The highest BCUT2D eigenvalue weighted by Crippen LogP contribution is 2.36. The molecule has 2 rings (SSSR count). The molecule has 0 fully saturated rings. The summed E-state index contributed by atoms with van der Waals surface area (Å²) in [6.07, 6.45) is -4.29. The molecular formula is C12H12F3NS. The van der Waals surface area contributed by atoms with Crippen LogP contribution in [-0.4, -0.2) is 6.54 Å². The summed E-state index contributed by atoms with van der Waals surface area (Å²) >= 11 is 1.45. The van der Waals surface area contributed by atoms with Crippen molar-refractivity contribution >= 4 is 21.4 Å². The van der Waals surface area contributed by atoms with Crippen LogP contribution in [0.3, 0.4) is 0 Å². The minimum atomic E-state index is -4.29. The zero-order valence-corrected chi connectivity index (χ0v) is 10.0. The molecule has 0 aliphatic carbocycles. The van der Waals surface area contributed by atoms with Gasteiger partial charge in [0.2, 0.25) is 0 Å². The van der Waals surface area contributed by atoms with Crippen molar-refractivity contribution in [2.24, 2.45) is 5.73 Å². The number of hydrogen-bond acceptors (Lipinski definition) is 2. The number of benzene rings is 1. The molecular weight excluding hydrogens is 247 g/mol. The molecule has 0 radical (unpaired) electrons. The molecule has 0 saturated heterocycles. The first-order valence-corrected chi connectivity index (χ1v) is 6.10. The molecule has 17 heavy (non-hydrogen) atoms. The third-order valence-corrected chi connectivity index (χ3v) is 3.80. The number of nitrogens with two attached hydrogens (primary N) is 1. The van der Waals surface area contributed by atoms with Crippen molar-refractivity contribution in [3.8, 4) is 0 Å². The lowest BCUT2D eigenvalue weighted by Crippen LogP contribution is -2.08. The van der Waals surface area contributed by atoms with Gasteiger partial charge in [-0.1, -0.05) is 6.92 Å². The summed E-state index contributed by atoms with van der Waals surface area (Å²) in [5.74, 6) is 0.0761. The molecule has 1 aromatic heterocycles. The van der Waals surface area contributed by atoms with E-state index in [-0.39, 0.29) is 5.92 Å². The van der Waals surface area contributed by atoms with Crippen LogP contribution in [0.2, 0.25) is 0 Å². The van der Waals surface area contributed by atoms with E-state index in [1.165, 1.54) is 23.5 Å². The Labute approximate surface area is 101 Å². The van der Waals surface area contributed by atoms with Crippen molar-refractivity contribution in [2.45, 2.75) is 19.0 Å². The van der Waals surface area contributed by atoms with Crippen LogP contribution in [0.4, 0.5) is 13.2 Å². The quantitative estimate of drug-likeness (QED) is 0.867. The van der Waals surface area contributed by atoms with Crippen molar-refractivity contribution in [3.63, 3.8) is 0 Å². The van der Waals surface area contributed by atoms with Gasteiger partial charge in [-0.15, -0.1) is 11.3 Å². The third kappa shape index (κ3) is 2.30. The molecule has 0 spiro atoms. The van der Waals surface area contributed by atoms with Crippen LogP contribution < -0.4 is 5.73 Å². The van der Waals surface area contributed by atoms with Gasteiger partial charge in [-0.2, -0.15) is 13.2 Å². The Morgan fingerprint density at radius 2 is 2.06 bits per heavy atom. The van der Waals surface area contributed by atoms with E-state index in [4.69, 9.17) is 5.73 Å². The average molecular weight is 259 g/mol. The monoisotopic (exact) mass is 259 g/mol. The van der Waals surface area contributed by atoms with E-state index in [2.05, 4.69) is 0 Å².